The van der Waals surface area contributed by atoms with E-state index in [1.54, 1.807) is 64.0 Å². The summed E-state index contributed by atoms with van der Waals surface area (Å²) in [4.78, 5) is 0. The maximum absolute atomic E-state index is 6.21. The zero-order chi connectivity index (χ0) is 33.2. The Kier molecular flexibility index (Phi) is 26.1. The molecule has 0 spiro atoms. The molecule has 266 valence electrons. The van der Waals surface area contributed by atoms with E-state index in [1.165, 1.54) is 0 Å². The lowest BCUT2D eigenvalue weighted by Crippen LogP contribution is -2.44. The van der Waals surface area contributed by atoms with E-state index in [0.29, 0.717) is 103 Å². The molecule has 0 heterocycles. The fraction of sp³-hybridized carbons (Fsp3) is 1.00. The van der Waals surface area contributed by atoms with Gasteiger partial charge in [0.15, 0.2) is 0 Å². The SMILES string of the molecule is CCOCCOCC(COCCC[Si](OC)(OC)OC)(COCCC[Si](OC)(OC)OC)COCCC[Si](OC)(OC)OC. The van der Waals surface area contributed by atoms with Gasteiger partial charge in [-0.1, -0.05) is 0 Å². The summed E-state index contributed by atoms with van der Waals surface area (Å²) in [5.74, 6) is 0. The van der Waals surface area contributed by atoms with Crippen molar-refractivity contribution < 1.29 is 63.5 Å². The quantitative estimate of drug-likeness (QED) is 0.0738. The first-order valence-corrected chi connectivity index (χ1v) is 20.9. The molecule has 0 fully saturated rings. The topological polar surface area (TPSA) is 129 Å². The Morgan fingerprint density at radius 1 is 0.364 bits per heavy atom. The summed E-state index contributed by atoms with van der Waals surface area (Å²) in [6.07, 6.45) is 2.13. The Hall–Kier alpha value is 0.0906. The van der Waals surface area contributed by atoms with Crippen LogP contribution in [0.1, 0.15) is 26.2 Å². The molecule has 0 rings (SSSR count). The minimum absolute atomic E-state index is 0.364. The standard InChI is InChI=1S/C27H62O14Si3/c1-11-37-18-19-41-26-27(23-38-15-12-20-42(28-2,29-3)30-4,24-39-16-13-21-43(31-5,32-6)33-7)25-40-17-14-22-44(34-8,35-9)36-10/h11-26H2,1-10H3. The van der Waals surface area contributed by atoms with Gasteiger partial charge in [-0.05, 0) is 26.2 Å². The van der Waals surface area contributed by atoms with Gasteiger partial charge in [-0.3, -0.25) is 0 Å². The second-order valence-corrected chi connectivity index (χ2v) is 19.4. The van der Waals surface area contributed by atoms with E-state index in [0.717, 1.165) is 0 Å². The Bertz CT molecular complexity index is 556. The van der Waals surface area contributed by atoms with Gasteiger partial charge in [-0.15, -0.1) is 0 Å². The van der Waals surface area contributed by atoms with Crippen LogP contribution in [0.3, 0.4) is 0 Å². The molecule has 0 aliphatic carbocycles. The van der Waals surface area contributed by atoms with E-state index in [9.17, 15) is 0 Å². The number of hydrogen-bond acceptors (Lipinski definition) is 14. The van der Waals surface area contributed by atoms with Crippen molar-refractivity contribution in [1.29, 1.82) is 0 Å². The minimum atomic E-state index is -2.68. The summed E-state index contributed by atoms with van der Waals surface area (Å²) in [7, 11) is 6.42. The third kappa shape index (κ3) is 16.8. The molecule has 44 heavy (non-hydrogen) atoms. The van der Waals surface area contributed by atoms with Gasteiger partial charge in [0.25, 0.3) is 0 Å². The summed E-state index contributed by atoms with van der Waals surface area (Å²) in [5.41, 5.74) is -0.568. The highest BCUT2D eigenvalue weighted by molar-refractivity contribution is 6.61. The summed E-state index contributed by atoms with van der Waals surface area (Å²) >= 11 is 0. The number of ether oxygens (including phenoxy) is 5. The van der Waals surface area contributed by atoms with Crippen molar-refractivity contribution in [2.45, 2.75) is 44.3 Å². The molecule has 0 N–H and O–H groups in total. The third-order valence-corrected chi connectivity index (χ3v) is 15.8. The average molecular weight is 695 g/mol. The molecular weight excluding hydrogens is 633 g/mol. The maximum atomic E-state index is 6.21. The Balaban J connectivity index is 5.46. The van der Waals surface area contributed by atoms with Crippen LogP contribution >= 0.6 is 0 Å². The molecule has 17 heteroatoms. The Morgan fingerprint density at radius 3 is 0.864 bits per heavy atom. The predicted molar refractivity (Wildman–Crippen MR) is 171 cm³/mol. The summed E-state index contributed by atoms with van der Waals surface area (Å²) < 4.78 is 80.0. The van der Waals surface area contributed by atoms with E-state index in [1.807, 2.05) is 6.92 Å². The Labute approximate surface area is 269 Å². The van der Waals surface area contributed by atoms with Crippen LogP contribution in [0.4, 0.5) is 0 Å². The highest BCUT2D eigenvalue weighted by Gasteiger charge is 2.39. The van der Waals surface area contributed by atoms with Crippen molar-refractivity contribution in [2.24, 2.45) is 5.41 Å². The van der Waals surface area contributed by atoms with Crippen molar-refractivity contribution in [3.05, 3.63) is 0 Å². The van der Waals surface area contributed by atoms with E-state index in [4.69, 9.17) is 63.5 Å². The van der Waals surface area contributed by atoms with E-state index < -0.39 is 31.8 Å². The van der Waals surface area contributed by atoms with Crippen molar-refractivity contribution in [1.82, 2.24) is 0 Å². The smallest absolute Gasteiger partial charge is 0.381 e. The molecule has 0 saturated carbocycles. The van der Waals surface area contributed by atoms with Crippen LogP contribution in [0, 0.1) is 5.41 Å². The fourth-order valence-electron chi connectivity index (χ4n) is 4.51. The van der Waals surface area contributed by atoms with Crippen LogP contribution in [0.5, 0.6) is 0 Å². The van der Waals surface area contributed by atoms with Gasteiger partial charge in [0.05, 0.1) is 45.1 Å². The van der Waals surface area contributed by atoms with Gasteiger partial charge in [-0.2, -0.15) is 0 Å². The molecule has 0 aromatic heterocycles. The monoisotopic (exact) mass is 694 g/mol. The van der Waals surface area contributed by atoms with E-state index in [2.05, 4.69) is 0 Å². The van der Waals surface area contributed by atoms with Crippen LogP contribution in [0.15, 0.2) is 0 Å². The van der Waals surface area contributed by atoms with Crippen LogP contribution in [-0.4, -0.2) is 156 Å². The molecule has 0 aromatic carbocycles. The van der Waals surface area contributed by atoms with Crippen molar-refractivity contribution in [3.8, 4) is 0 Å². The molecule has 0 aliphatic heterocycles. The second kappa shape index (κ2) is 26.1. The van der Waals surface area contributed by atoms with Crippen molar-refractivity contribution in [2.75, 3.05) is 130 Å². The highest BCUT2D eigenvalue weighted by atomic mass is 28.4. The van der Waals surface area contributed by atoms with Gasteiger partial charge < -0.3 is 63.5 Å². The molecular formula is C27H62O14Si3. The first kappa shape index (κ1) is 44.1. The minimum Gasteiger partial charge on any atom is -0.381 e. The first-order valence-electron chi connectivity index (χ1n) is 15.1. The lowest BCUT2D eigenvalue weighted by Gasteiger charge is -2.33. The van der Waals surface area contributed by atoms with Crippen LogP contribution in [-0.2, 0) is 63.5 Å². The van der Waals surface area contributed by atoms with Crippen LogP contribution in [0.2, 0.25) is 18.1 Å². The molecule has 0 radical (unpaired) electrons. The first-order chi connectivity index (χ1) is 21.2. The van der Waals surface area contributed by atoms with Gasteiger partial charge in [0.1, 0.15) is 0 Å². The van der Waals surface area contributed by atoms with Crippen molar-refractivity contribution >= 4 is 26.4 Å². The molecule has 14 nitrogen and oxygen atoms in total. The molecule has 0 saturated heterocycles. The van der Waals surface area contributed by atoms with E-state index in [-0.39, 0.29) is 0 Å². The van der Waals surface area contributed by atoms with Crippen molar-refractivity contribution in [3.63, 3.8) is 0 Å². The maximum Gasteiger partial charge on any atom is 0.500 e. The summed E-state index contributed by atoms with van der Waals surface area (Å²) in [6, 6.07) is 1.90. The number of rotatable bonds is 33. The fourth-order valence-corrected chi connectivity index (χ4v) is 9.58. The second-order valence-electron chi connectivity index (χ2n) is 10.1. The van der Waals surface area contributed by atoms with E-state index >= 15 is 0 Å². The molecule has 0 atom stereocenters. The molecule has 0 aromatic rings. The van der Waals surface area contributed by atoms with Gasteiger partial charge >= 0.3 is 26.4 Å². The zero-order valence-corrected chi connectivity index (χ0v) is 32.0. The summed E-state index contributed by atoms with van der Waals surface area (Å²) in [5, 5.41) is 0. The van der Waals surface area contributed by atoms with Crippen LogP contribution < -0.4 is 0 Å². The zero-order valence-electron chi connectivity index (χ0n) is 29.0. The Morgan fingerprint density at radius 2 is 0.614 bits per heavy atom. The summed E-state index contributed by atoms with van der Waals surface area (Å²) in [6.45, 7) is 6.45. The lowest BCUT2D eigenvalue weighted by atomic mass is 9.92. The van der Waals surface area contributed by atoms with Gasteiger partial charge in [0, 0.05) is 109 Å². The average Bonchev–Trinajstić information content (AvgIpc) is 3.07. The molecule has 0 amide bonds. The largest absolute Gasteiger partial charge is 0.500 e. The molecule has 0 bridgehead atoms. The van der Waals surface area contributed by atoms with Crippen LogP contribution in [0.25, 0.3) is 0 Å². The molecule has 0 aliphatic rings. The lowest BCUT2D eigenvalue weighted by molar-refractivity contribution is -0.111. The van der Waals surface area contributed by atoms with Gasteiger partial charge in [0.2, 0.25) is 0 Å². The number of hydrogen-bond donors (Lipinski definition) is 0. The normalized spacial score (nSPS) is 13.2. The van der Waals surface area contributed by atoms with Gasteiger partial charge in [-0.25, -0.2) is 0 Å². The molecule has 0 unspecified atom stereocenters. The third-order valence-electron chi connectivity index (χ3n) is 7.32. The highest BCUT2D eigenvalue weighted by Crippen LogP contribution is 2.24. The predicted octanol–water partition coefficient (Wildman–Crippen LogP) is 2.88.